The van der Waals surface area contributed by atoms with Gasteiger partial charge in [0.2, 0.25) is 5.91 Å². The molecule has 1 amide bonds. The van der Waals surface area contributed by atoms with Gasteiger partial charge in [0, 0.05) is 21.5 Å². The van der Waals surface area contributed by atoms with Gasteiger partial charge in [-0.1, -0.05) is 23.7 Å². The molecule has 5 nitrogen and oxygen atoms in total. The first-order valence-electron chi connectivity index (χ1n) is 9.14. The van der Waals surface area contributed by atoms with Gasteiger partial charge in [0.25, 0.3) is 0 Å². The molecule has 0 bridgehead atoms. The molecule has 2 aromatic carbocycles. The van der Waals surface area contributed by atoms with Crippen molar-refractivity contribution in [2.75, 3.05) is 19.0 Å². The Hall–Kier alpha value is -2.35. The fourth-order valence-corrected chi connectivity index (χ4v) is 4.40. The molecule has 3 rings (SSSR count). The van der Waals surface area contributed by atoms with Crippen LogP contribution >= 0.6 is 38.9 Å². The first-order chi connectivity index (χ1) is 14.4. The van der Waals surface area contributed by atoms with Gasteiger partial charge >= 0.3 is 0 Å². The molecule has 3 aromatic rings. The van der Waals surface area contributed by atoms with Crippen LogP contribution in [0.1, 0.15) is 17.4 Å². The molecule has 0 aliphatic carbocycles. The Balaban J connectivity index is 1.74. The number of carbonyl (C=O) groups excluding carboxylic acids is 1. The van der Waals surface area contributed by atoms with Gasteiger partial charge in [-0.25, -0.2) is 4.98 Å². The molecule has 0 saturated heterocycles. The standard InChI is InChI=1S/C22H20BrClN2O3S/c1-4-29-21-17(23)10-14(11-18(21)28-3)8-9-19(27)25-22-26-20(13(2)30-22)15-6-5-7-16(24)12-15/h5-12H,4H2,1-3H3,(H,25,26,27)/b9-8+. The Morgan fingerprint density at radius 2 is 2.13 bits per heavy atom. The minimum atomic E-state index is -0.273. The summed E-state index contributed by atoms with van der Waals surface area (Å²) in [6.45, 7) is 4.39. The molecule has 0 aliphatic rings. The van der Waals surface area contributed by atoms with Crippen LogP contribution in [0.5, 0.6) is 11.5 Å². The number of amides is 1. The molecular formula is C22H20BrClN2O3S. The molecule has 8 heteroatoms. The number of ether oxygens (including phenoxy) is 2. The minimum absolute atomic E-state index is 0.273. The van der Waals surface area contributed by atoms with Crippen molar-refractivity contribution in [2.24, 2.45) is 0 Å². The molecule has 30 heavy (non-hydrogen) atoms. The molecule has 0 radical (unpaired) electrons. The number of methoxy groups -OCH3 is 1. The first-order valence-corrected chi connectivity index (χ1v) is 11.1. The summed E-state index contributed by atoms with van der Waals surface area (Å²) >= 11 is 11.0. The molecule has 0 atom stereocenters. The van der Waals surface area contributed by atoms with E-state index in [1.165, 1.54) is 17.4 Å². The summed E-state index contributed by atoms with van der Waals surface area (Å²) in [5.74, 6) is 0.951. The number of halogens is 2. The number of rotatable bonds is 7. The topological polar surface area (TPSA) is 60.5 Å². The minimum Gasteiger partial charge on any atom is -0.493 e. The zero-order valence-electron chi connectivity index (χ0n) is 16.7. The van der Waals surface area contributed by atoms with Gasteiger partial charge in [-0.15, -0.1) is 11.3 Å². The summed E-state index contributed by atoms with van der Waals surface area (Å²) in [6.07, 6.45) is 3.16. The Kier molecular flexibility index (Phi) is 7.53. The monoisotopic (exact) mass is 506 g/mol. The van der Waals surface area contributed by atoms with E-state index < -0.39 is 0 Å². The van der Waals surface area contributed by atoms with E-state index in [0.29, 0.717) is 28.3 Å². The number of aromatic nitrogens is 1. The first kappa shape index (κ1) is 22.3. The molecule has 156 valence electrons. The highest BCUT2D eigenvalue weighted by Gasteiger charge is 2.13. The number of carbonyl (C=O) groups is 1. The quantitative estimate of drug-likeness (QED) is 0.366. The average molecular weight is 508 g/mol. The third kappa shape index (κ3) is 5.41. The van der Waals surface area contributed by atoms with Crippen molar-refractivity contribution in [1.29, 1.82) is 0 Å². The maximum absolute atomic E-state index is 12.4. The summed E-state index contributed by atoms with van der Waals surface area (Å²) in [6, 6.07) is 11.2. The molecular weight excluding hydrogens is 488 g/mol. The second kappa shape index (κ2) is 10.1. The number of hydrogen-bond donors (Lipinski definition) is 1. The van der Waals surface area contributed by atoms with Crippen LogP contribution in [-0.2, 0) is 4.79 Å². The van der Waals surface area contributed by atoms with E-state index in [0.717, 1.165) is 26.2 Å². The molecule has 0 fully saturated rings. The van der Waals surface area contributed by atoms with E-state index in [1.807, 2.05) is 50.2 Å². The maximum atomic E-state index is 12.4. The van der Waals surface area contributed by atoms with Crippen LogP contribution in [0.2, 0.25) is 5.02 Å². The Morgan fingerprint density at radius 3 is 2.83 bits per heavy atom. The van der Waals surface area contributed by atoms with Crippen molar-refractivity contribution in [3.63, 3.8) is 0 Å². The van der Waals surface area contributed by atoms with E-state index in [4.69, 9.17) is 21.1 Å². The lowest BCUT2D eigenvalue weighted by Gasteiger charge is -2.12. The van der Waals surface area contributed by atoms with Gasteiger partial charge in [0.05, 0.1) is 23.9 Å². The number of thiazole rings is 1. The highest BCUT2D eigenvalue weighted by atomic mass is 79.9. The summed E-state index contributed by atoms with van der Waals surface area (Å²) < 4.78 is 11.7. The smallest absolute Gasteiger partial charge is 0.250 e. The van der Waals surface area contributed by atoms with E-state index in [-0.39, 0.29) is 5.91 Å². The normalized spacial score (nSPS) is 11.0. The van der Waals surface area contributed by atoms with Crippen LogP contribution in [0.3, 0.4) is 0 Å². The van der Waals surface area contributed by atoms with Crippen molar-refractivity contribution in [3.8, 4) is 22.8 Å². The molecule has 1 aromatic heterocycles. The van der Waals surface area contributed by atoms with Gasteiger partial charge in [0.15, 0.2) is 16.6 Å². The zero-order chi connectivity index (χ0) is 21.7. The average Bonchev–Trinajstić information content (AvgIpc) is 3.08. The molecule has 0 saturated carbocycles. The van der Waals surface area contributed by atoms with Gasteiger partial charge in [-0.3, -0.25) is 10.1 Å². The zero-order valence-corrected chi connectivity index (χ0v) is 19.8. The van der Waals surface area contributed by atoms with Crippen LogP contribution in [0.25, 0.3) is 17.3 Å². The van der Waals surface area contributed by atoms with Crippen LogP contribution in [-0.4, -0.2) is 24.6 Å². The van der Waals surface area contributed by atoms with Gasteiger partial charge < -0.3 is 9.47 Å². The van der Waals surface area contributed by atoms with Gasteiger partial charge in [-0.05, 0) is 65.7 Å². The summed E-state index contributed by atoms with van der Waals surface area (Å²) in [5, 5.41) is 3.99. The predicted octanol–water partition coefficient (Wildman–Crippen LogP) is 6.59. The number of aryl methyl sites for hydroxylation is 1. The second-order valence-electron chi connectivity index (χ2n) is 6.22. The lowest BCUT2D eigenvalue weighted by molar-refractivity contribution is -0.111. The highest BCUT2D eigenvalue weighted by molar-refractivity contribution is 9.10. The molecule has 1 heterocycles. The van der Waals surface area contributed by atoms with E-state index in [9.17, 15) is 4.79 Å². The lowest BCUT2D eigenvalue weighted by Crippen LogP contribution is -2.07. The Labute approximate surface area is 192 Å². The molecule has 0 aliphatic heterocycles. The summed E-state index contributed by atoms with van der Waals surface area (Å²) in [5.41, 5.74) is 2.52. The Morgan fingerprint density at radius 1 is 1.33 bits per heavy atom. The molecule has 0 spiro atoms. The SMILES string of the molecule is CCOc1c(Br)cc(/C=C/C(=O)Nc2nc(-c3cccc(Cl)c3)c(C)s2)cc1OC. The number of hydrogen-bond acceptors (Lipinski definition) is 5. The number of anilines is 1. The van der Waals surface area contributed by atoms with Crippen molar-refractivity contribution in [3.05, 3.63) is 62.4 Å². The van der Waals surface area contributed by atoms with Gasteiger partial charge in [0.1, 0.15) is 0 Å². The van der Waals surface area contributed by atoms with Crippen molar-refractivity contribution in [2.45, 2.75) is 13.8 Å². The highest BCUT2D eigenvalue weighted by Crippen LogP contribution is 2.37. The largest absolute Gasteiger partial charge is 0.493 e. The molecule has 1 N–H and O–H groups in total. The third-order valence-electron chi connectivity index (χ3n) is 4.09. The number of nitrogens with one attached hydrogen (secondary N) is 1. The summed E-state index contributed by atoms with van der Waals surface area (Å²) in [7, 11) is 1.58. The van der Waals surface area contributed by atoms with Crippen LogP contribution in [0, 0.1) is 6.92 Å². The fourth-order valence-electron chi connectivity index (χ4n) is 2.79. The lowest BCUT2D eigenvalue weighted by atomic mass is 10.1. The number of nitrogens with zero attached hydrogens (tertiary/aromatic N) is 1. The van der Waals surface area contributed by atoms with E-state index in [1.54, 1.807) is 13.2 Å². The van der Waals surface area contributed by atoms with Crippen LogP contribution in [0.4, 0.5) is 5.13 Å². The van der Waals surface area contributed by atoms with Crippen LogP contribution in [0.15, 0.2) is 46.9 Å². The van der Waals surface area contributed by atoms with Gasteiger partial charge in [-0.2, -0.15) is 0 Å². The van der Waals surface area contributed by atoms with Crippen molar-refractivity contribution in [1.82, 2.24) is 4.98 Å². The fraction of sp³-hybridized carbons (Fsp3) is 0.182. The van der Waals surface area contributed by atoms with Crippen molar-refractivity contribution >= 4 is 56.0 Å². The van der Waals surface area contributed by atoms with Crippen LogP contribution < -0.4 is 14.8 Å². The van der Waals surface area contributed by atoms with E-state index >= 15 is 0 Å². The third-order valence-corrected chi connectivity index (χ3v) is 5.80. The summed E-state index contributed by atoms with van der Waals surface area (Å²) in [4.78, 5) is 17.9. The second-order valence-corrected chi connectivity index (χ2v) is 8.72. The molecule has 0 unspecified atom stereocenters. The van der Waals surface area contributed by atoms with Crippen molar-refractivity contribution < 1.29 is 14.3 Å². The number of benzene rings is 2. The van der Waals surface area contributed by atoms with E-state index in [2.05, 4.69) is 26.2 Å². The predicted molar refractivity (Wildman–Crippen MR) is 127 cm³/mol. The Bertz CT molecular complexity index is 1100. The maximum Gasteiger partial charge on any atom is 0.250 e.